The summed E-state index contributed by atoms with van der Waals surface area (Å²) in [6.07, 6.45) is 2.30. The van der Waals surface area contributed by atoms with E-state index >= 15 is 0 Å². The second kappa shape index (κ2) is 7.93. The minimum Gasteiger partial charge on any atom is -0.484 e. The predicted molar refractivity (Wildman–Crippen MR) is 94.7 cm³/mol. The summed E-state index contributed by atoms with van der Waals surface area (Å²) in [5.41, 5.74) is 0. The summed E-state index contributed by atoms with van der Waals surface area (Å²) in [4.78, 5) is 14.3. The second-order valence-electron chi connectivity index (χ2n) is 6.48. The molecule has 0 spiro atoms. The quantitative estimate of drug-likeness (QED) is 0.745. The van der Waals surface area contributed by atoms with E-state index in [4.69, 9.17) is 21.1 Å². The van der Waals surface area contributed by atoms with Crippen LogP contribution in [-0.4, -0.2) is 62.6 Å². The van der Waals surface area contributed by atoms with Crippen molar-refractivity contribution < 1.29 is 22.7 Å². The van der Waals surface area contributed by atoms with Crippen LogP contribution in [0.1, 0.15) is 19.3 Å². The van der Waals surface area contributed by atoms with Crippen molar-refractivity contribution in [2.75, 3.05) is 31.3 Å². The monoisotopic (exact) mass is 387 g/mol. The van der Waals surface area contributed by atoms with Gasteiger partial charge in [-0.1, -0.05) is 17.7 Å². The smallest absolute Gasteiger partial charge is 0.260 e. The first kappa shape index (κ1) is 18.5. The molecule has 0 saturated carbocycles. The average Bonchev–Trinajstić information content (AvgIpc) is 3.19. The summed E-state index contributed by atoms with van der Waals surface area (Å²) in [5.74, 6) is 0.430. The van der Waals surface area contributed by atoms with Gasteiger partial charge in [-0.25, -0.2) is 8.42 Å². The minimum atomic E-state index is -3.07. The molecule has 0 N–H and O–H groups in total. The zero-order chi connectivity index (χ0) is 17.9. The summed E-state index contributed by atoms with van der Waals surface area (Å²) in [6.45, 7) is 0.955. The maximum absolute atomic E-state index is 12.7. The van der Waals surface area contributed by atoms with Crippen LogP contribution in [0.2, 0.25) is 5.02 Å². The maximum Gasteiger partial charge on any atom is 0.260 e. The molecule has 0 unspecified atom stereocenters. The number of halogens is 1. The normalized spacial score (nSPS) is 25.0. The Balaban J connectivity index is 1.65. The van der Waals surface area contributed by atoms with Crippen molar-refractivity contribution in [3.05, 3.63) is 29.3 Å². The molecule has 1 aromatic rings. The molecule has 0 radical (unpaired) electrons. The van der Waals surface area contributed by atoms with E-state index in [1.165, 1.54) is 0 Å². The van der Waals surface area contributed by atoms with Gasteiger partial charge in [0, 0.05) is 24.2 Å². The molecule has 1 amide bonds. The molecule has 0 bridgehead atoms. The van der Waals surface area contributed by atoms with Gasteiger partial charge in [-0.2, -0.15) is 0 Å². The molecule has 8 heteroatoms. The van der Waals surface area contributed by atoms with Crippen molar-refractivity contribution in [2.24, 2.45) is 0 Å². The molecular formula is C17H22ClNO5S. The summed E-state index contributed by atoms with van der Waals surface area (Å²) in [5, 5.41) is 0.531. The highest BCUT2D eigenvalue weighted by molar-refractivity contribution is 7.91. The fourth-order valence-corrected chi connectivity index (χ4v) is 5.18. The third kappa shape index (κ3) is 5.09. The van der Waals surface area contributed by atoms with Gasteiger partial charge in [0.15, 0.2) is 16.4 Å². The Morgan fingerprint density at radius 3 is 2.84 bits per heavy atom. The average molecular weight is 388 g/mol. The first-order valence-corrected chi connectivity index (χ1v) is 10.6. The van der Waals surface area contributed by atoms with Crippen molar-refractivity contribution in [1.82, 2.24) is 4.90 Å². The summed E-state index contributed by atoms with van der Waals surface area (Å²) >= 11 is 5.91. The van der Waals surface area contributed by atoms with E-state index in [0.717, 1.165) is 12.8 Å². The van der Waals surface area contributed by atoms with Crippen molar-refractivity contribution in [3.8, 4) is 5.75 Å². The highest BCUT2D eigenvalue weighted by Crippen LogP contribution is 2.22. The number of hydrogen-bond donors (Lipinski definition) is 0. The Hall–Kier alpha value is -1.31. The van der Waals surface area contributed by atoms with E-state index in [9.17, 15) is 13.2 Å². The number of carbonyl (C=O) groups is 1. The number of rotatable bonds is 6. The van der Waals surface area contributed by atoms with Crippen LogP contribution in [0.3, 0.4) is 0 Å². The molecule has 2 atom stereocenters. The third-order valence-electron chi connectivity index (χ3n) is 4.55. The first-order valence-electron chi connectivity index (χ1n) is 8.43. The van der Waals surface area contributed by atoms with E-state index in [1.54, 1.807) is 29.2 Å². The molecule has 25 heavy (non-hydrogen) atoms. The second-order valence-corrected chi connectivity index (χ2v) is 9.15. The minimum absolute atomic E-state index is 0.0165. The number of ether oxygens (including phenoxy) is 2. The van der Waals surface area contributed by atoms with E-state index in [2.05, 4.69) is 0 Å². The number of hydrogen-bond acceptors (Lipinski definition) is 5. The SMILES string of the molecule is O=C(COc1cccc(Cl)c1)N(C[C@H]1CCCO1)[C@H]1CCS(=O)(=O)C1. The molecule has 3 rings (SSSR count). The van der Waals surface area contributed by atoms with Gasteiger partial charge in [-0.05, 0) is 37.5 Å². The molecule has 2 fully saturated rings. The zero-order valence-electron chi connectivity index (χ0n) is 13.9. The molecular weight excluding hydrogens is 366 g/mol. The summed E-state index contributed by atoms with van der Waals surface area (Å²) in [6, 6.07) is 6.53. The molecule has 2 aliphatic rings. The molecule has 2 saturated heterocycles. The van der Waals surface area contributed by atoms with Crippen molar-refractivity contribution in [1.29, 1.82) is 0 Å². The lowest BCUT2D eigenvalue weighted by molar-refractivity contribution is -0.137. The number of carbonyl (C=O) groups excluding carboxylic acids is 1. The Morgan fingerprint density at radius 2 is 2.20 bits per heavy atom. The molecule has 2 aliphatic heterocycles. The van der Waals surface area contributed by atoms with E-state index in [-0.39, 0.29) is 36.2 Å². The first-order chi connectivity index (χ1) is 11.9. The van der Waals surface area contributed by atoms with Gasteiger partial charge in [-0.15, -0.1) is 0 Å². The largest absolute Gasteiger partial charge is 0.484 e. The fraction of sp³-hybridized carbons (Fsp3) is 0.588. The van der Waals surface area contributed by atoms with Gasteiger partial charge in [-0.3, -0.25) is 4.79 Å². The van der Waals surface area contributed by atoms with Gasteiger partial charge < -0.3 is 14.4 Å². The van der Waals surface area contributed by atoms with Crippen LogP contribution in [0.5, 0.6) is 5.75 Å². The number of nitrogens with zero attached hydrogens (tertiary/aromatic N) is 1. The van der Waals surface area contributed by atoms with Crippen LogP contribution >= 0.6 is 11.6 Å². The highest BCUT2D eigenvalue weighted by Gasteiger charge is 2.36. The molecule has 138 valence electrons. The van der Waals surface area contributed by atoms with Crippen LogP contribution in [0.15, 0.2) is 24.3 Å². The lowest BCUT2D eigenvalue weighted by Gasteiger charge is -2.30. The summed E-state index contributed by atoms with van der Waals surface area (Å²) < 4.78 is 34.8. The number of sulfone groups is 1. The van der Waals surface area contributed by atoms with Crippen LogP contribution in [0.4, 0.5) is 0 Å². The van der Waals surface area contributed by atoms with Gasteiger partial charge in [0.2, 0.25) is 0 Å². The highest BCUT2D eigenvalue weighted by atomic mass is 35.5. The van der Waals surface area contributed by atoms with Crippen LogP contribution in [0.25, 0.3) is 0 Å². The Bertz CT molecular complexity index is 718. The Morgan fingerprint density at radius 1 is 1.36 bits per heavy atom. The van der Waals surface area contributed by atoms with Crippen LogP contribution < -0.4 is 4.74 Å². The van der Waals surface area contributed by atoms with Gasteiger partial charge >= 0.3 is 0 Å². The molecule has 1 aromatic carbocycles. The van der Waals surface area contributed by atoms with E-state index in [0.29, 0.717) is 30.3 Å². The number of benzene rings is 1. The molecule has 0 aromatic heterocycles. The van der Waals surface area contributed by atoms with Crippen molar-refractivity contribution in [3.63, 3.8) is 0 Å². The maximum atomic E-state index is 12.7. The molecule has 6 nitrogen and oxygen atoms in total. The molecule has 0 aliphatic carbocycles. The van der Waals surface area contributed by atoms with Crippen molar-refractivity contribution in [2.45, 2.75) is 31.4 Å². The third-order valence-corrected chi connectivity index (χ3v) is 6.54. The van der Waals surface area contributed by atoms with E-state index in [1.807, 2.05) is 0 Å². The fourth-order valence-electron chi connectivity index (χ4n) is 3.27. The van der Waals surface area contributed by atoms with E-state index < -0.39 is 9.84 Å². The summed E-state index contributed by atoms with van der Waals surface area (Å²) in [7, 11) is -3.07. The topological polar surface area (TPSA) is 72.9 Å². The number of amides is 1. The van der Waals surface area contributed by atoms with Crippen molar-refractivity contribution >= 4 is 27.3 Å². The van der Waals surface area contributed by atoms with Gasteiger partial charge in [0.25, 0.3) is 5.91 Å². The lowest BCUT2D eigenvalue weighted by atomic mass is 10.1. The van der Waals surface area contributed by atoms with Gasteiger partial charge in [0.05, 0.1) is 17.6 Å². The van der Waals surface area contributed by atoms with Crippen LogP contribution in [-0.2, 0) is 19.4 Å². The predicted octanol–water partition coefficient (Wildman–Crippen LogP) is 1.91. The van der Waals surface area contributed by atoms with Gasteiger partial charge in [0.1, 0.15) is 5.75 Å². The zero-order valence-corrected chi connectivity index (χ0v) is 15.5. The Kier molecular flexibility index (Phi) is 5.86. The standard InChI is InChI=1S/C17H22ClNO5S/c18-13-3-1-4-15(9-13)24-11-17(20)19(10-16-5-2-7-23-16)14-6-8-25(21,22)12-14/h1,3-4,9,14,16H,2,5-8,10-12H2/t14-,16+/m0/s1. The lowest BCUT2D eigenvalue weighted by Crippen LogP contribution is -2.47. The van der Waals surface area contributed by atoms with Crippen LogP contribution in [0, 0.1) is 0 Å². The Labute approximate surface area is 153 Å². The molecule has 2 heterocycles.